The number of nitrogens with one attached hydrogen (secondary N) is 2. The fraction of sp³-hybridized carbons (Fsp3) is 0.611. The fourth-order valence-electron chi connectivity index (χ4n) is 4.72. The van der Waals surface area contributed by atoms with E-state index in [0.717, 1.165) is 35.9 Å². The molecule has 4 rings (SSSR count). The molecule has 0 radical (unpaired) electrons. The Hall–Kier alpha value is -2.20. The SMILES string of the molecule is C[C@@H](NS(C)(=O)=O)C(=O)N1CC2CC(N(C)c3ncnc4[nH]ccc34)C[C@@H]2C1. The van der Waals surface area contributed by atoms with E-state index in [0.29, 0.717) is 31.0 Å². The Morgan fingerprint density at radius 3 is 2.64 bits per heavy atom. The average molecular weight is 407 g/mol. The first-order valence-electron chi connectivity index (χ1n) is 9.50. The summed E-state index contributed by atoms with van der Waals surface area (Å²) in [7, 11) is -1.33. The molecule has 1 aliphatic carbocycles. The van der Waals surface area contributed by atoms with Crippen molar-refractivity contribution in [3.63, 3.8) is 0 Å². The van der Waals surface area contributed by atoms with E-state index in [9.17, 15) is 13.2 Å². The Balaban J connectivity index is 1.40. The molecule has 1 saturated heterocycles. The van der Waals surface area contributed by atoms with E-state index in [1.54, 1.807) is 13.3 Å². The highest BCUT2D eigenvalue weighted by Gasteiger charge is 2.44. The maximum Gasteiger partial charge on any atom is 0.240 e. The summed E-state index contributed by atoms with van der Waals surface area (Å²) in [5.74, 6) is 1.65. The van der Waals surface area contributed by atoms with Crippen molar-refractivity contribution in [2.75, 3.05) is 31.3 Å². The zero-order chi connectivity index (χ0) is 20.1. The normalized spacial score (nSPS) is 25.8. The highest BCUT2D eigenvalue weighted by atomic mass is 32.2. The number of hydrogen-bond donors (Lipinski definition) is 2. The number of carbonyl (C=O) groups is 1. The maximum absolute atomic E-state index is 12.6. The number of likely N-dealkylation sites (tertiary alicyclic amines) is 1. The van der Waals surface area contributed by atoms with E-state index >= 15 is 0 Å². The molecule has 9 nitrogen and oxygen atoms in total. The summed E-state index contributed by atoms with van der Waals surface area (Å²) in [5.41, 5.74) is 0.833. The first-order chi connectivity index (χ1) is 13.2. The largest absolute Gasteiger partial charge is 0.356 e. The van der Waals surface area contributed by atoms with Crippen LogP contribution in [-0.2, 0) is 14.8 Å². The molecule has 28 heavy (non-hydrogen) atoms. The van der Waals surface area contributed by atoms with Gasteiger partial charge in [0.2, 0.25) is 15.9 Å². The van der Waals surface area contributed by atoms with Crippen molar-refractivity contribution in [2.45, 2.75) is 31.8 Å². The third kappa shape index (κ3) is 3.58. The Labute approximate surface area is 164 Å². The Kier molecular flexibility index (Phi) is 4.78. The number of aromatic amines is 1. The van der Waals surface area contributed by atoms with Gasteiger partial charge in [-0.25, -0.2) is 23.1 Å². The van der Waals surface area contributed by atoms with Crippen LogP contribution in [0.5, 0.6) is 0 Å². The summed E-state index contributed by atoms with van der Waals surface area (Å²) in [4.78, 5) is 28.5. The summed E-state index contributed by atoms with van der Waals surface area (Å²) in [6.07, 6.45) is 6.51. The van der Waals surface area contributed by atoms with Gasteiger partial charge in [-0.15, -0.1) is 0 Å². The minimum atomic E-state index is -3.40. The van der Waals surface area contributed by atoms with Crippen molar-refractivity contribution < 1.29 is 13.2 Å². The number of H-pyrrole nitrogens is 1. The number of rotatable bonds is 5. The van der Waals surface area contributed by atoms with Crippen LogP contribution in [0.25, 0.3) is 11.0 Å². The van der Waals surface area contributed by atoms with Crippen LogP contribution in [0.4, 0.5) is 5.82 Å². The van der Waals surface area contributed by atoms with Crippen LogP contribution in [0.2, 0.25) is 0 Å². The number of nitrogens with zero attached hydrogens (tertiary/aromatic N) is 4. The van der Waals surface area contributed by atoms with Crippen LogP contribution < -0.4 is 9.62 Å². The molecule has 3 heterocycles. The van der Waals surface area contributed by atoms with Crippen LogP contribution >= 0.6 is 0 Å². The standard InChI is InChI=1S/C18H26N6O3S/c1-11(22-28(3,26)27)18(25)24-8-12-6-14(7-13(12)9-24)23(2)17-15-4-5-19-16(15)20-10-21-17/h4-5,10-14,22H,6-9H2,1-3H3,(H,19,20,21)/t11-,12-,13?,14?/m1/s1. The van der Waals surface area contributed by atoms with Gasteiger partial charge in [-0.05, 0) is 37.7 Å². The van der Waals surface area contributed by atoms with Crippen molar-refractivity contribution in [1.82, 2.24) is 24.6 Å². The van der Waals surface area contributed by atoms with Crippen molar-refractivity contribution in [1.29, 1.82) is 0 Å². The summed E-state index contributed by atoms with van der Waals surface area (Å²) in [6.45, 7) is 2.98. The van der Waals surface area contributed by atoms with Crippen LogP contribution in [-0.4, -0.2) is 72.7 Å². The number of hydrogen-bond acceptors (Lipinski definition) is 6. The van der Waals surface area contributed by atoms with E-state index in [4.69, 9.17) is 0 Å². The molecule has 152 valence electrons. The molecule has 0 bridgehead atoms. The number of anilines is 1. The van der Waals surface area contributed by atoms with Crippen LogP contribution in [0.1, 0.15) is 19.8 Å². The molecule has 2 unspecified atom stereocenters. The quantitative estimate of drug-likeness (QED) is 0.751. The number of sulfonamides is 1. The number of aromatic nitrogens is 3. The number of fused-ring (bicyclic) bond motifs is 2. The van der Waals surface area contributed by atoms with Crippen LogP contribution in [0.15, 0.2) is 18.6 Å². The van der Waals surface area contributed by atoms with Gasteiger partial charge >= 0.3 is 0 Å². The lowest BCUT2D eigenvalue weighted by Gasteiger charge is -2.28. The highest BCUT2D eigenvalue weighted by Crippen LogP contribution is 2.41. The van der Waals surface area contributed by atoms with Crippen molar-refractivity contribution in [2.24, 2.45) is 11.8 Å². The molecule has 10 heteroatoms. The fourth-order valence-corrected chi connectivity index (χ4v) is 5.47. The average Bonchev–Trinajstić information content (AvgIpc) is 3.32. The minimum Gasteiger partial charge on any atom is -0.356 e. The van der Waals surface area contributed by atoms with Gasteiger partial charge in [0.25, 0.3) is 0 Å². The predicted molar refractivity (Wildman–Crippen MR) is 106 cm³/mol. The maximum atomic E-state index is 12.6. The molecule has 2 aromatic rings. The first-order valence-corrected chi connectivity index (χ1v) is 11.4. The molecule has 0 aromatic carbocycles. The molecule has 1 aliphatic heterocycles. The lowest BCUT2D eigenvalue weighted by molar-refractivity contribution is -0.131. The Morgan fingerprint density at radius 2 is 2.00 bits per heavy atom. The minimum absolute atomic E-state index is 0.144. The molecule has 2 N–H and O–H groups in total. The van der Waals surface area contributed by atoms with E-state index < -0.39 is 16.1 Å². The zero-order valence-corrected chi connectivity index (χ0v) is 17.1. The predicted octanol–water partition coefficient (Wildman–Crippen LogP) is 0.569. The highest BCUT2D eigenvalue weighted by molar-refractivity contribution is 7.88. The lowest BCUT2D eigenvalue weighted by atomic mass is 10.0. The zero-order valence-electron chi connectivity index (χ0n) is 16.3. The van der Waals surface area contributed by atoms with E-state index in [2.05, 4.69) is 31.6 Å². The molecule has 1 saturated carbocycles. The summed E-state index contributed by atoms with van der Waals surface area (Å²) < 4.78 is 25.1. The van der Waals surface area contributed by atoms with E-state index in [1.807, 2.05) is 17.2 Å². The van der Waals surface area contributed by atoms with Crippen LogP contribution in [0.3, 0.4) is 0 Å². The van der Waals surface area contributed by atoms with Gasteiger partial charge in [0.15, 0.2) is 0 Å². The molecule has 2 aliphatic rings. The lowest BCUT2D eigenvalue weighted by Crippen LogP contribution is -2.46. The van der Waals surface area contributed by atoms with Gasteiger partial charge in [-0.1, -0.05) is 0 Å². The second kappa shape index (κ2) is 7.00. The first kappa shape index (κ1) is 19.1. The molecule has 1 amide bonds. The van der Waals surface area contributed by atoms with E-state index in [-0.39, 0.29) is 5.91 Å². The van der Waals surface area contributed by atoms with Gasteiger partial charge in [-0.2, -0.15) is 0 Å². The topological polar surface area (TPSA) is 111 Å². The number of carbonyl (C=O) groups excluding carboxylic acids is 1. The van der Waals surface area contributed by atoms with Gasteiger partial charge in [0.1, 0.15) is 17.8 Å². The van der Waals surface area contributed by atoms with Gasteiger partial charge in [0.05, 0.1) is 17.7 Å². The second-order valence-corrected chi connectivity index (χ2v) is 9.83. The summed E-state index contributed by atoms with van der Waals surface area (Å²) in [5, 5.41) is 1.01. The van der Waals surface area contributed by atoms with Crippen molar-refractivity contribution in [3.8, 4) is 0 Å². The Bertz CT molecular complexity index is 976. The molecule has 4 atom stereocenters. The third-order valence-electron chi connectivity index (χ3n) is 6.01. The second-order valence-electron chi connectivity index (χ2n) is 8.05. The molecule has 0 spiro atoms. The van der Waals surface area contributed by atoms with Crippen LogP contribution in [0, 0.1) is 11.8 Å². The van der Waals surface area contributed by atoms with Gasteiger partial charge < -0.3 is 14.8 Å². The van der Waals surface area contributed by atoms with Crippen molar-refractivity contribution >= 4 is 32.8 Å². The van der Waals surface area contributed by atoms with Gasteiger partial charge in [0, 0.05) is 32.4 Å². The summed E-state index contributed by atoms with van der Waals surface area (Å²) >= 11 is 0. The van der Waals surface area contributed by atoms with Gasteiger partial charge in [-0.3, -0.25) is 4.79 Å². The molecule has 2 fully saturated rings. The third-order valence-corrected chi connectivity index (χ3v) is 6.80. The summed E-state index contributed by atoms with van der Waals surface area (Å²) in [6, 6.07) is 1.63. The smallest absolute Gasteiger partial charge is 0.240 e. The molecule has 2 aromatic heterocycles. The van der Waals surface area contributed by atoms with E-state index in [1.165, 1.54) is 0 Å². The monoisotopic (exact) mass is 406 g/mol. The Morgan fingerprint density at radius 1 is 1.32 bits per heavy atom. The number of amides is 1. The molecular formula is C18H26N6O3S. The molecular weight excluding hydrogens is 380 g/mol. The van der Waals surface area contributed by atoms with Crippen molar-refractivity contribution in [3.05, 3.63) is 18.6 Å².